The van der Waals surface area contributed by atoms with Gasteiger partial charge in [0.1, 0.15) is 17.1 Å². The average molecular weight is 290 g/mol. The van der Waals surface area contributed by atoms with Gasteiger partial charge in [-0.1, -0.05) is 13.8 Å². The number of carbonyl (C=O) groups is 2. The van der Waals surface area contributed by atoms with E-state index in [2.05, 4.69) is 20.5 Å². The van der Waals surface area contributed by atoms with Crippen LogP contribution in [0.1, 0.15) is 46.6 Å². The number of rotatable bonds is 4. The normalized spacial score (nSPS) is 10.6. The Kier molecular flexibility index (Phi) is 3.88. The first-order chi connectivity index (χ1) is 9.88. The van der Waals surface area contributed by atoms with Gasteiger partial charge >= 0.3 is 5.97 Å². The standard InChI is InChI=1S/C13H14N4O4/c1-6(2)10-15-11(17-16-10)12(19)14-7-3-4-8(13(20)21)9(18)5-7/h3-6,18H,1-2H3,(H,14,19)(H,20,21)(H,15,16,17). The summed E-state index contributed by atoms with van der Waals surface area (Å²) < 4.78 is 0. The van der Waals surface area contributed by atoms with Gasteiger partial charge in [0.25, 0.3) is 5.91 Å². The van der Waals surface area contributed by atoms with Crippen molar-refractivity contribution >= 4 is 17.6 Å². The molecule has 0 unspecified atom stereocenters. The largest absolute Gasteiger partial charge is 0.507 e. The van der Waals surface area contributed by atoms with Crippen LogP contribution >= 0.6 is 0 Å². The molecule has 110 valence electrons. The van der Waals surface area contributed by atoms with E-state index in [-0.39, 0.29) is 23.0 Å². The second kappa shape index (κ2) is 5.61. The molecule has 2 rings (SSSR count). The summed E-state index contributed by atoms with van der Waals surface area (Å²) in [6, 6.07) is 3.72. The Hall–Kier alpha value is -2.90. The number of aromatic nitrogens is 3. The van der Waals surface area contributed by atoms with E-state index in [1.54, 1.807) is 0 Å². The molecule has 0 saturated heterocycles. The molecule has 1 heterocycles. The first-order valence-corrected chi connectivity index (χ1v) is 6.18. The zero-order valence-corrected chi connectivity index (χ0v) is 11.4. The van der Waals surface area contributed by atoms with Crippen molar-refractivity contribution in [3.63, 3.8) is 0 Å². The molecule has 8 nitrogen and oxygen atoms in total. The highest BCUT2D eigenvalue weighted by Crippen LogP contribution is 2.22. The molecule has 0 aliphatic rings. The number of carbonyl (C=O) groups excluding carboxylic acids is 1. The SMILES string of the molecule is CC(C)c1nc(C(=O)Nc2ccc(C(=O)O)c(O)c2)n[nH]1. The van der Waals surface area contributed by atoms with Crippen LogP contribution in [0.15, 0.2) is 18.2 Å². The molecule has 0 saturated carbocycles. The summed E-state index contributed by atoms with van der Waals surface area (Å²) in [5, 5.41) is 27.3. The molecule has 1 aromatic carbocycles. The van der Waals surface area contributed by atoms with Crippen LogP contribution < -0.4 is 5.32 Å². The van der Waals surface area contributed by atoms with E-state index < -0.39 is 17.6 Å². The van der Waals surface area contributed by atoms with Crippen LogP contribution in [0, 0.1) is 0 Å². The van der Waals surface area contributed by atoms with E-state index in [4.69, 9.17) is 5.11 Å². The van der Waals surface area contributed by atoms with Gasteiger partial charge in [0.05, 0.1) is 0 Å². The van der Waals surface area contributed by atoms with Crippen molar-refractivity contribution in [2.24, 2.45) is 0 Å². The van der Waals surface area contributed by atoms with E-state index in [9.17, 15) is 14.7 Å². The van der Waals surface area contributed by atoms with Crippen LogP contribution in [0.3, 0.4) is 0 Å². The molecule has 21 heavy (non-hydrogen) atoms. The van der Waals surface area contributed by atoms with Crippen molar-refractivity contribution in [1.82, 2.24) is 15.2 Å². The summed E-state index contributed by atoms with van der Waals surface area (Å²) >= 11 is 0. The number of phenols is 1. The number of nitrogens with one attached hydrogen (secondary N) is 2. The van der Waals surface area contributed by atoms with Gasteiger partial charge in [0, 0.05) is 17.7 Å². The molecular weight excluding hydrogens is 276 g/mol. The van der Waals surface area contributed by atoms with Gasteiger partial charge in [0.15, 0.2) is 0 Å². The van der Waals surface area contributed by atoms with Crippen molar-refractivity contribution in [1.29, 1.82) is 0 Å². The first kappa shape index (κ1) is 14.5. The quantitative estimate of drug-likeness (QED) is 0.676. The Morgan fingerprint density at radius 3 is 2.57 bits per heavy atom. The van der Waals surface area contributed by atoms with Crippen molar-refractivity contribution < 1.29 is 19.8 Å². The number of benzene rings is 1. The monoisotopic (exact) mass is 290 g/mol. The molecule has 2 aromatic rings. The minimum Gasteiger partial charge on any atom is -0.507 e. The molecule has 0 radical (unpaired) electrons. The summed E-state index contributed by atoms with van der Waals surface area (Å²) in [5.74, 6) is -1.57. The van der Waals surface area contributed by atoms with Crippen LogP contribution in [-0.2, 0) is 0 Å². The molecular formula is C13H14N4O4. The highest BCUT2D eigenvalue weighted by Gasteiger charge is 2.16. The Morgan fingerprint density at radius 1 is 1.33 bits per heavy atom. The third kappa shape index (κ3) is 3.16. The highest BCUT2D eigenvalue weighted by atomic mass is 16.4. The molecule has 0 atom stereocenters. The molecule has 1 amide bonds. The lowest BCUT2D eigenvalue weighted by molar-refractivity contribution is 0.0693. The highest BCUT2D eigenvalue weighted by molar-refractivity contribution is 6.02. The van der Waals surface area contributed by atoms with Gasteiger partial charge in [-0.25, -0.2) is 9.78 Å². The number of hydrogen-bond donors (Lipinski definition) is 4. The first-order valence-electron chi connectivity index (χ1n) is 6.18. The lowest BCUT2D eigenvalue weighted by atomic mass is 10.2. The predicted octanol–water partition coefficient (Wildman–Crippen LogP) is 1.58. The summed E-state index contributed by atoms with van der Waals surface area (Å²) in [6.45, 7) is 3.82. The fourth-order valence-electron chi connectivity index (χ4n) is 1.61. The fraction of sp³-hybridized carbons (Fsp3) is 0.231. The number of H-pyrrole nitrogens is 1. The molecule has 0 spiro atoms. The molecule has 8 heteroatoms. The van der Waals surface area contributed by atoms with E-state index >= 15 is 0 Å². The second-order valence-corrected chi connectivity index (χ2v) is 4.69. The van der Waals surface area contributed by atoms with Gasteiger partial charge in [0.2, 0.25) is 5.82 Å². The lowest BCUT2D eigenvalue weighted by Crippen LogP contribution is -2.14. The number of aromatic carboxylic acids is 1. The number of amides is 1. The van der Waals surface area contributed by atoms with Crippen molar-refractivity contribution in [2.75, 3.05) is 5.32 Å². The zero-order chi connectivity index (χ0) is 15.6. The maximum atomic E-state index is 11.9. The topological polar surface area (TPSA) is 128 Å². The third-order valence-electron chi connectivity index (χ3n) is 2.74. The number of carboxylic acids is 1. The third-order valence-corrected chi connectivity index (χ3v) is 2.74. The number of nitrogens with zero attached hydrogens (tertiary/aromatic N) is 2. The van der Waals surface area contributed by atoms with Crippen LogP contribution in [0.5, 0.6) is 5.75 Å². The van der Waals surface area contributed by atoms with E-state index in [1.165, 1.54) is 12.1 Å². The van der Waals surface area contributed by atoms with Gasteiger partial charge in [-0.3, -0.25) is 9.89 Å². The Bertz CT molecular complexity index is 693. The number of carboxylic acid groups (broad SMARTS) is 1. The molecule has 0 fully saturated rings. The molecule has 0 aliphatic carbocycles. The van der Waals surface area contributed by atoms with Gasteiger partial charge in [-0.05, 0) is 12.1 Å². The van der Waals surface area contributed by atoms with Crippen molar-refractivity contribution in [3.05, 3.63) is 35.4 Å². The molecule has 0 aliphatic heterocycles. The Labute approximate surface area is 119 Å². The number of aromatic hydroxyl groups is 1. The summed E-state index contributed by atoms with van der Waals surface area (Å²) in [4.78, 5) is 26.7. The van der Waals surface area contributed by atoms with Crippen molar-refractivity contribution in [3.8, 4) is 5.75 Å². The van der Waals surface area contributed by atoms with Gasteiger partial charge in [-0.2, -0.15) is 0 Å². The molecule has 4 N–H and O–H groups in total. The van der Waals surface area contributed by atoms with Crippen LogP contribution in [0.4, 0.5) is 5.69 Å². The van der Waals surface area contributed by atoms with E-state index in [0.717, 1.165) is 6.07 Å². The second-order valence-electron chi connectivity index (χ2n) is 4.69. The number of hydrogen-bond acceptors (Lipinski definition) is 5. The smallest absolute Gasteiger partial charge is 0.339 e. The lowest BCUT2D eigenvalue weighted by Gasteiger charge is -2.05. The maximum absolute atomic E-state index is 11.9. The van der Waals surface area contributed by atoms with Crippen LogP contribution in [0.2, 0.25) is 0 Å². The van der Waals surface area contributed by atoms with Gasteiger partial charge < -0.3 is 15.5 Å². The van der Waals surface area contributed by atoms with E-state index in [1.807, 2.05) is 13.8 Å². The van der Waals surface area contributed by atoms with Gasteiger partial charge in [-0.15, -0.1) is 5.10 Å². The Balaban J connectivity index is 2.15. The molecule has 0 bridgehead atoms. The van der Waals surface area contributed by atoms with E-state index in [0.29, 0.717) is 5.82 Å². The van der Waals surface area contributed by atoms with Crippen LogP contribution in [0.25, 0.3) is 0 Å². The Morgan fingerprint density at radius 2 is 2.05 bits per heavy atom. The minimum absolute atomic E-state index is 0.0273. The number of anilines is 1. The fourth-order valence-corrected chi connectivity index (χ4v) is 1.61. The summed E-state index contributed by atoms with van der Waals surface area (Å²) in [5.41, 5.74) is 0.00591. The summed E-state index contributed by atoms with van der Waals surface area (Å²) in [7, 11) is 0. The summed E-state index contributed by atoms with van der Waals surface area (Å²) in [6.07, 6.45) is 0. The average Bonchev–Trinajstić information content (AvgIpc) is 2.88. The zero-order valence-electron chi connectivity index (χ0n) is 11.4. The minimum atomic E-state index is -1.25. The predicted molar refractivity (Wildman–Crippen MR) is 73.5 cm³/mol. The van der Waals surface area contributed by atoms with Crippen LogP contribution in [-0.4, -0.2) is 37.3 Å². The van der Waals surface area contributed by atoms with Crippen molar-refractivity contribution in [2.45, 2.75) is 19.8 Å². The maximum Gasteiger partial charge on any atom is 0.339 e. The number of aromatic amines is 1. The molecule has 1 aromatic heterocycles.